The fourth-order valence-corrected chi connectivity index (χ4v) is 2.68. The maximum Gasteiger partial charge on any atom is 0.104 e. The predicted molar refractivity (Wildman–Crippen MR) is 87.3 cm³/mol. The third-order valence-corrected chi connectivity index (χ3v) is 4.58. The normalized spacial score (nSPS) is 11.3. The molecule has 0 bridgehead atoms. The van der Waals surface area contributed by atoms with Gasteiger partial charge in [0.25, 0.3) is 0 Å². The van der Waals surface area contributed by atoms with Crippen molar-refractivity contribution in [2.75, 3.05) is 5.32 Å². The predicted octanol–water partition coefficient (Wildman–Crippen LogP) is 4.46. The molecule has 0 unspecified atom stereocenters. The second-order valence-corrected chi connectivity index (χ2v) is 5.82. The summed E-state index contributed by atoms with van der Waals surface area (Å²) in [5.41, 5.74) is 7.77. The van der Waals surface area contributed by atoms with Crippen LogP contribution in [0.15, 0.2) is 22.7 Å². The second kappa shape index (κ2) is 6.53. The molecule has 0 saturated carbocycles. The average molecular weight is 329 g/mol. The number of nitrogens with one attached hydrogen (secondary N) is 1. The van der Waals surface area contributed by atoms with Gasteiger partial charge in [0.05, 0.1) is 0 Å². The molecule has 0 saturated heterocycles. The molecule has 0 amide bonds. The molecule has 0 fully saturated rings. The molecule has 0 spiro atoms. The molecule has 1 aromatic carbocycles. The Balaban J connectivity index is 3.01. The van der Waals surface area contributed by atoms with Gasteiger partial charge in [0, 0.05) is 21.3 Å². The third kappa shape index (κ3) is 3.45. The molecular formula is C14H21BrN2S. The van der Waals surface area contributed by atoms with E-state index in [4.69, 9.17) is 18.0 Å². The standard InChI is InChI=1S/C14H21BrN2S/c1-4-14(5-2,6-3)17-12-8-7-10(13(16)18)9-11(12)15/h7-9,17H,4-6H2,1-3H3,(H2,16,18). The Morgan fingerprint density at radius 1 is 1.28 bits per heavy atom. The summed E-state index contributed by atoms with van der Waals surface area (Å²) in [4.78, 5) is 0.426. The van der Waals surface area contributed by atoms with E-state index in [1.165, 1.54) is 0 Å². The molecule has 0 aliphatic heterocycles. The number of hydrogen-bond acceptors (Lipinski definition) is 2. The highest BCUT2D eigenvalue weighted by atomic mass is 79.9. The zero-order valence-corrected chi connectivity index (χ0v) is 13.6. The molecule has 0 aromatic heterocycles. The molecular weight excluding hydrogens is 308 g/mol. The Hall–Kier alpha value is -0.610. The van der Waals surface area contributed by atoms with E-state index in [9.17, 15) is 0 Å². The first-order valence-corrected chi connectivity index (χ1v) is 7.55. The van der Waals surface area contributed by atoms with Gasteiger partial charge in [-0.25, -0.2) is 0 Å². The molecule has 2 nitrogen and oxygen atoms in total. The van der Waals surface area contributed by atoms with Crippen LogP contribution in [0.4, 0.5) is 5.69 Å². The van der Waals surface area contributed by atoms with Gasteiger partial charge in [-0.3, -0.25) is 0 Å². The highest BCUT2D eigenvalue weighted by molar-refractivity contribution is 9.10. The largest absolute Gasteiger partial charge is 0.389 e. The molecule has 4 heteroatoms. The average Bonchev–Trinajstić information content (AvgIpc) is 2.38. The van der Waals surface area contributed by atoms with Gasteiger partial charge in [-0.15, -0.1) is 0 Å². The van der Waals surface area contributed by atoms with Gasteiger partial charge < -0.3 is 11.1 Å². The number of thiocarbonyl (C=S) groups is 1. The van der Waals surface area contributed by atoms with Crippen LogP contribution in [0.5, 0.6) is 0 Å². The van der Waals surface area contributed by atoms with E-state index in [1.54, 1.807) is 0 Å². The highest BCUT2D eigenvalue weighted by Gasteiger charge is 2.24. The van der Waals surface area contributed by atoms with E-state index >= 15 is 0 Å². The molecule has 0 aliphatic rings. The van der Waals surface area contributed by atoms with Crippen molar-refractivity contribution in [1.29, 1.82) is 0 Å². The van der Waals surface area contributed by atoms with Crippen LogP contribution in [-0.4, -0.2) is 10.5 Å². The van der Waals surface area contributed by atoms with Crippen molar-refractivity contribution < 1.29 is 0 Å². The van der Waals surface area contributed by atoms with E-state index in [1.807, 2.05) is 18.2 Å². The Morgan fingerprint density at radius 3 is 2.22 bits per heavy atom. The summed E-state index contributed by atoms with van der Waals surface area (Å²) < 4.78 is 1.01. The lowest BCUT2D eigenvalue weighted by atomic mass is 9.89. The summed E-state index contributed by atoms with van der Waals surface area (Å²) in [5.74, 6) is 0. The fraction of sp³-hybridized carbons (Fsp3) is 0.500. The molecule has 18 heavy (non-hydrogen) atoms. The monoisotopic (exact) mass is 328 g/mol. The van der Waals surface area contributed by atoms with Crippen molar-refractivity contribution in [3.8, 4) is 0 Å². The van der Waals surface area contributed by atoms with Crippen molar-refractivity contribution in [2.24, 2.45) is 5.73 Å². The Morgan fingerprint density at radius 2 is 1.83 bits per heavy atom. The molecule has 100 valence electrons. The van der Waals surface area contributed by atoms with Crippen LogP contribution in [0.3, 0.4) is 0 Å². The highest BCUT2D eigenvalue weighted by Crippen LogP contribution is 2.31. The maximum absolute atomic E-state index is 5.63. The lowest BCUT2D eigenvalue weighted by molar-refractivity contribution is 0.420. The zero-order chi connectivity index (χ0) is 13.8. The number of halogens is 1. The van der Waals surface area contributed by atoms with E-state index in [0.717, 1.165) is 35.0 Å². The first-order valence-electron chi connectivity index (χ1n) is 6.35. The van der Waals surface area contributed by atoms with Crippen molar-refractivity contribution in [1.82, 2.24) is 0 Å². The van der Waals surface area contributed by atoms with E-state index in [2.05, 4.69) is 42.0 Å². The first kappa shape index (κ1) is 15.4. The van der Waals surface area contributed by atoms with Crippen molar-refractivity contribution >= 4 is 38.8 Å². The summed E-state index contributed by atoms with van der Waals surface area (Å²) in [7, 11) is 0. The smallest absolute Gasteiger partial charge is 0.104 e. The van der Waals surface area contributed by atoms with Gasteiger partial charge >= 0.3 is 0 Å². The van der Waals surface area contributed by atoms with Gasteiger partial charge in [0.15, 0.2) is 0 Å². The van der Waals surface area contributed by atoms with Gasteiger partial charge in [-0.2, -0.15) is 0 Å². The Bertz CT molecular complexity index is 420. The van der Waals surface area contributed by atoms with Crippen molar-refractivity contribution in [3.05, 3.63) is 28.2 Å². The molecule has 1 rings (SSSR count). The van der Waals surface area contributed by atoms with Crippen LogP contribution < -0.4 is 11.1 Å². The minimum atomic E-state index is 0.160. The lowest BCUT2D eigenvalue weighted by Gasteiger charge is -2.33. The quantitative estimate of drug-likeness (QED) is 0.757. The lowest BCUT2D eigenvalue weighted by Crippen LogP contribution is -2.36. The van der Waals surface area contributed by atoms with Crippen LogP contribution in [0.2, 0.25) is 0 Å². The molecule has 3 N–H and O–H groups in total. The van der Waals surface area contributed by atoms with Crippen LogP contribution in [-0.2, 0) is 0 Å². The topological polar surface area (TPSA) is 38.0 Å². The summed E-state index contributed by atoms with van der Waals surface area (Å²) >= 11 is 8.56. The number of rotatable bonds is 6. The minimum absolute atomic E-state index is 0.160. The Kier molecular flexibility index (Phi) is 5.60. The molecule has 0 heterocycles. The third-order valence-electron chi connectivity index (χ3n) is 3.68. The maximum atomic E-state index is 5.63. The molecule has 1 aromatic rings. The van der Waals surface area contributed by atoms with Gasteiger partial charge in [0.2, 0.25) is 0 Å². The zero-order valence-electron chi connectivity index (χ0n) is 11.2. The van der Waals surface area contributed by atoms with Crippen molar-refractivity contribution in [3.63, 3.8) is 0 Å². The van der Waals surface area contributed by atoms with Gasteiger partial charge in [-0.05, 0) is 53.4 Å². The summed E-state index contributed by atoms with van der Waals surface area (Å²) in [5, 5.41) is 3.64. The minimum Gasteiger partial charge on any atom is -0.389 e. The van der Waals surface area contributed by atoms with E-state index in [0.29, 0.717) is 4.99 Å². The van der Waals surface area contributed by atoms with Gasteiger partial charge in [0.1, 0.15) is 4.99 Å². The fourth-order valence-electron chi connectivity index (χ4n) is 2.07. The SMILES string of the molecule is CCC(CC)(CC)Nc1ccc(C(N)=S)cc1Br. The van der Waals surface area contributed by atoms with E-state index < -0.39 is 0 Å². The number of nitrogens with two attached hydrogens (primary N) is 1. The van der Waals surface area contributed by atoms with Crippen LogP contribution in [0, 0.1) is 0 Å². The van der Waals surface area contributed by atoms with Crippen molar-refractivity contribution in [2.45, 2.75) is 45.6 Å². The van der Waals surface area contributed by atoms with E-state index in [-0.39, 0.29) is 5.54 Å². The molecule has 0 aliphatic carbocycles. The second-order valence-electron chi connectivity index (χ2n) is 4.52. The Labute approximate surface area is 123 Å². The van der Waals surface area contributed by atoms with Crippen LogP contribution in [0.1, 0.15) is 45.6 Å². The summed E-state index contributed by atoms with van der Waals surface area (Å²) in [6.07, 6.45) is 3.30. The summed E-state index contributed by atoms with van der Waals surface area (Å²) in [6, 6.07) is 5.96. The number of anilines is 1. The van der Waals surface area contributed by atoms with Crippen LogP contribution >= 0.6 is 28.1 Å². The number of benzene rings is 1. The van der Waals surface area contributed by atoms with Crippen LogP contribution in [0.25, 0.3) is 0 Å². The first-order chi connectivity index (χ1) is 8.48. The molecule has 0 atom stereocenters. The van der Waals surface area contributed by atoms with Gasteiger partial charge in [-0.1, -0.05) is 33.0 Å². The number of hydrogen-bond donors (Lipinski definition) is 2. The summed E-state index contributed by atoms with van der Waals surface area (Å²) in [6.45, 7) is 6.66. The molecule has 0 radical (unpaired) electrons.